The molecule has 1 aliphatic heterocycles. The van der Waals surface area contributed by atoms with Crippen LogP contribution in [0.15, 0.2) is 79.0 Å². The van der Waals surface area contributed by atoms with Crippen molar-refractivity contribution in [3.05, 3.63) is 118 Å². The van der Waals surface area contributed by atoms with Gasteiger partial charge in [-0.15, -0.1) is 0 Å². The molecule has 0 fully saturated rings. The second kappa shape index (κ2) is 11.4. The zero-order valence-corrected chi connectivity index (χ0v) is 24.1. The molecule has 214 valence electrons. The van der Waals surface area contributed by atoms with E-state index in [2.05, 4.69) is 87.1 Å². The first kappa shape index (κ1) is 27.1. The summed E-state index contributed by atoms with van der Waals surface area (Å²) in [5.74, 6) is 1.83. The number of hydrogen-bond donors (Lipinski definition) is 2. The fourth-order valence-electron chi connectivity index (χ4n) is 5.90. The molecule has 3 aromatic carbocycles. The molecule has 0 saturated heterocycles. The monoisotopic (exact) mass is 561 g/mol. The van der Waals surface area contributed by atoms with Crippen LogP contribution >= 0.6 is 0 Å². The summed E-state index contributed by atoms with van der Waals surface area (Å²) in [6.45, 7) is 3.57. The summed E-state index contributed by atoms with van der Waals surface area (Å²) in [6, 6.07) is 25.1. The second-order valence-electron chi connectivity index (χ2n) is 10.5. The summed E-state index contributed by atoms with van der Waals surface area (Å²) in [6.07, 6.45) is 3.06. The molecule has 1 unspecified atom stereocenters. The molecule has 4 N–H and O–H groups in total. The van der Waals surface area contributed by atoms with Gasteiger partial charge in [-0.25, -0.2) is 4.98 Å². The van der Waals surface area contributed by atoms with Crippen LogP contribution in [0.5, 0.6) is 11.5 Å². The molecule has 0 saturated carbocycles. The number of hydrogen-bond acceptors (Lipinski definition) is 8. The van der Waals surface area contributed by atoms with E-state index in [4.69, 9.17) is 26.0 Å². The zero-order chi connectivity index (χ0) is 29.2. The summed E-state index contributed by atoms with van der Waals surface area (Å²) in [5, 5.41) is 5.19. The van der Waals surface area contributed by atoms with E-state index in [0.717, 1.165) is 41.2 Å². The highest BCUT2D eigenvalue weighted by molar-refractivity contribution is 5.72. The topological polar surface area (TPSA) is 117 Å². The standard InChI is InChI=1S/C33H35N7O2/c1-21-17-27(38-40(21)20-22-9-5-4-6-10-22)30-26-12-8-7-11-23(26)15-16-39(30)29-24(13-14-28(41-2)31(29)42-3)18-25-19-36-33(35)37-32(25)34/h4-14,17,19,30H,15-16,18,20H2,1-3H3,(H4,34,35,36,37). The normalized spacial score (nSPS) is 14.5. The molecule has 9 heteroatoms. The van der Waals surface area contributed by atoms with Gasteiger partial charge in [0.25, 0.3) is 0 Å². The fourth-order valence-corrected chi connectivity index (χ4v) is 5.90. The van der Waals surface area contributed by atoms with Crippen molar-refractivity contribution in [1.29, 1.82) is 0 Å². The highest BCUT2D eigenvalue weighted by Gasteiger charge is 2.35. The summed E-state index contributed by atoms with van der Waals surface area (Å²) < 4.78 is 13.9. The van der Waals surface area contributed by atoms with Gasteiger partial charge in [0.05, 0.1) is 38.2 Å². The van der Waals surface area contributed by atoms with Crippen molar-refractivity contribution < 1.29 is 9.47 Å². The Balaban J connectivity index is 1.50. The molecule has 42 heavy (non-hydrogen) atoms. The predicted molar refractivity (Wildman–Crippen MR) is 165 cm³/mol. The third kappa shape index (κ3) is 5.09. The molecule has 5 aromatic rings. The largest absolute Gasteiger partial charge is 0.493 e. The van der Waals surface area contributed by atoms with Crippen molar-refractivity contribution in [3.63, 3.8) is 0 Å². The minimum atomic E-state index is -0.148. The van der Waals surface area contributed by atoms with Gasteiger partial charge in [-0.1, -0.05) is 60.7 Å². The van der Waals surface area contributed by atoms with Gasteiger partial charge in [0.1, 0.15) is 5.82 Å². The lowest BCUT2D eigenvalue weighted by molar-refractivity contribution is 0.354. The van der Waals surface area contributed by atoms with Crippen LogP contribution in [0.1, 0.15) is 45.2 Å². The van der Waals surface area contributed by atoms with E-state index in [1.54, 1.807) is 20.4 Å². The lowest BCUT2D eigenvalue weighted by Crippen LogP contribution is -2.37. The number of aromatic nitrogens is 4. The lowest BCUT2D eigenvalue weighted by atomic mass is 9.89. The van der Waals surface area contributed by atoms with E-state index in [1.165, 1.54) is 16.7 Å². The number of ether oxygens (including phenoxy) is 2. The smallest absolute Gasteiger partial charge is 0.221 e. The van der Waals surface area contributed by atoms with Gasteiger partial charge >= 0.3 is 0 Å². The molecule has 0 bridgehead atoms. The van der Waals surface area contributed by atoms with Gasteiger partial charge in [0.15, 0.2) is 11.5 Å². The Labute approximate surface area is 245 Å². The molecule has 1 aliphatic rings. The van der Waals surface area contributed by atoms with Gasteiger partial charge in [-0.3, -0.25) is 4.68 Å². The molecule has 0 radical (unpaired) electrons. The van der Waals surface area contributed by atoms with Gasteiger partial charge < -0.3 is 25.8 Å². The Hall–Kier alpha value is -5.05. The van der Waals surface area contributed by atoms with E-state index < -0.39 is 0 Å². The van der Waals surface area contributed by atoms with Crippen LogP contribution < -0.4 is 25.8 Å². The summed E-state index contributed by atoms with van der Waals surface area (Å²) in [4.78, 5) is 10.8. The fraction of sp³-hybridized carbons (Fsp3) is 0.242. The first-order valence-corrected chi connectivity index (χ1v) is 14.0. The van der Waals surface area contributed by atoms with Gasteiger partial charge in [0.2, 0.25) is 5.95 Å². The number of benzene rings is 3. The number of rotatable bonds is 8. The molecule has 1 atom stereocenters. The number of aryl methyl sites for hydroxylation is 1. The highest BCUT2D eigenvalue weighted by Crippen LogP contribution is 2.47. The molecule has 0 spiro atoms. The van der Waals surface area contributed by atoms with Gasteiger partial charge in [0, 0.05) is 30.4 Å². The van der Waals surface area contributed by atoms with E-state index in [-0.39, 0.29) is 12.0 Å². The molecule has 6 rings (SSSR count). The van der Waals surface area contributed by atoms with Crippen LogP contribution in [-0.2, 0) is 19.4 Å². The molecule has 0 aliphatic carbocycles. The van der Waals surface area contributed by atoms with Crippen LogP contribution in [0, 0.1) is 6.92 Å². The number of nitrogen functional groups attached to an aromatic ring is 2. The molecule has 0 amide bonds. The average molecular weight is 562 g/mol. The van der Waals surface area contributed by atoms with E-state index in [9.17, 15) is 0 Å². The first-order chi connectivity index (χ1) is 20.5. The predicted octanol–water partition coefficient (Wildman–Crippen LogP) is 4.95. The van der Waals surface area contributed by atoms with E-state index in [0.29, 0.717) is 30.3 Å². The third-order valence-electron chi connectivity index (χ3n) is 7.93. The number of nitrogens with two attached hydrogens (primary N) is 2. The SMILES string of the molecule is COc1ccc(Cc2cnc(N)nc2N)c(N2CCc3ccccc3C2c2cc(C)n(Cc3ccccc3)n2)c1OC. The van der Waals surface area contributed by atoms with Crippen LogP contribution in [0.3, 0.4) is 0 Å². The van der Waals surface area contributed by atoms with Crippen LogP contribution in [0.4, 0.5) is 17.5 Å². The van der Waals surface area contributed by atoms with Crippen molar-refractivity contribution in [2.24, 2.45) is 0 Å². The van der Waals surface area contributed by atoms with Crippen molar-refractivity contribution in [2.45, 2.75) is 32.4 Å². The first-order valence-electron chi connectivity index (χ1n) is 14.0. The Morgan fingerprint density at radius 1 is 0.929 bits per heavy atom. The van der Waals surface area contributed by atoms with Crippen molar-refractivity contribution in [1.82, 2.24) is 19.7 Å². The maximum Gasteiger partial charge on any atom is 0.221 e. The Morgan fingerprint density at radius 3 is 2.48 bits per heavy atom. The minimum Gasteiger partial charge on any atom is -0.493 e. The highest BCUT2D eigenvalue weighted by atomic mass is 16.5. The second-order valence-corrected chi connectivity index (χ2v) is 10.5. The summed E-state index contributed by atoms with van der Waals surface area (Å²) >= 11 is 0. The molecule has 3 heterocycles. The van der Waals surface area contributed by atoms with Crippen molar-refractivity contribution in [2.75, 3.05) is 37.1 Å². The maximum atomic E-state index is 6.28. The van der Waals surface area contributed by atoms with Crippen molar-refractivity contribution >= 4 is 17.5 Å². The van der Waals surface area contributed by atoms with Gasteiger partial charge in [-0.05, 0) is 47.7 Å². The summed E-state index contributed by atoms with van der Waals surface area (Å²) in [5.41, 5.74) is 20.6. The lowest BCUT2D eigenvalue weighted by Gasteiger charge is -2.40. The Morgan fingerprint density at radius 2 is 1.71 bits per heavy atom. The third-order valence-corrected chi connectivity index (χ3v) is 7.93. The summed E-state index contributed by atoms with van der Waals surface area (Å²) in [7, 11) is 3.34. The average Bonchev–Trinajstić information content (AvgIpc) is 3.37. The number of methoxy groups -OCH3 is 2. The number of fused-ring (bicyclic) bond motifs is 1. The number of anilines is 3. The van der Waals surface area contributed by atoms with Crippen LogP contribution in [-0.4, -0.2) is 40.5 Å². The van der Waals surface area contributed by atoms with Crippen LogP contribution in [0.25, 0.3) is 0 Å². The van der Waals surface area contributed by atoms with Crippen LogP contribution in [0.2, 0.25) is 0 Å². The number of nitrogens with zero attached hydrogens (tertiary/aromatic N) is 5. The maximum absolute atomic E-state index is 6.28. The minimum absolute atomic E-state index is 0.148. The van der Waals surface area contributed by atoms with Gasteiger partial charge in [-0.2, -0.15) is 10.1 Å². The van der Waals surface area contributed by atoms with E-state index >= 15 is 0 Å². The molecule has 9 nitrogen and oxygen atoms in total. The molecular weight excluding hydrogens is 526 g/mol. The molecule has 2 aromatic heterocycles. The molecular formula is C33H35N7O2. The Bertz CT molecular complexity index is 1720. The van der Waals surface area contributed by atoms with Crippen molar-refractivity contribution in [3.8, 4) is 11.5 Å². The quantitative estimate of drug-likeness (QED) is 0.273. The zero-order valence-electron chi connectivity index (χ0n) is 24.1. The Kier molecular flexibility index (Phi) is 7.39. The van der Waals surface area contributed by atoms with E-state index in [1.807, 2.05) is 12.1 Å².